The smallest absolute Gasteiger partial charge is 0.305 e. The molecule has 0 saturated carbocycles. The first-order valence-electron chi connectivity index (χ1n) is 11.9. The normalized spacial score (nSPS) is 13.3. The Balaban J connectivity index is 1.60. The molecule has 0 saturated heterocycles. The van der Waals surface area contributed by atoms with E-state index >= 15 is 0 Å². The van der Waals surface area contributed by atoms with Gasteiger partial charge >= 0.3 is 5.97 Å². The molecule has 3 aromatic rings. The van der Waals surface area contributed by atoms with E-state index in [-0.39, 0.29) is 24.4 Å². The van der Waals surface area contributed by atoms with Gasteiger partial charge in [-0.3, -0.25) is 9.59 Å². The summed E-state index contributed by atoms with van der Waals surface area (Å²) in [7, 11) is 1.55. The zero-order valence-corrected chi connectivity index (χ0v) is 23.3. The summed E-state index contributed by atoms with van der Waals surface area (Å²) in [5.74, 6) is -1.35. The monoisotopic (exact) mass is 587 g/mol. The molecule has 4 rings (SSSR count). The average Bonchev–Trinajstić information content (AvgIpc) is 3.28. The van der Waals surface area contributed by atoms with Crippen molar-refractivity contribution in [1.82, 2.24) is 10.3 Å². The van der Waals surface area contributed by atoms with E-state index in [0.717, 1.165) is 21.9 Å². The Hall–Kier alpha value is -3.39. The molecule has 0 radical (unpaired) electrons. The highest BCUT2D eigenvalue weighted by molar-refractivity contribution is 7.17. The number of carbonyl (C=O) groups excluding carboxylic acids is 1. The number of nitrogens with zero attached hydrogens (tertiary/aromatic N) is 2. The summed E-state index contributed by atoms with van der Waals surface area (Å²) in [6, 6.07) is 12.9. The lowest BCUT2D eigenvalue weighted by Gasteiger charge is -2.23. The maximum atomic E-state index is 13.8. The number of amides is 1. The molecule has 0 spiro atoms. The van der Waals surface area contributed by atoms with Crippen molar-refractivity contribution in [2.75, 3.05) is 11.4 Å². The van der Waals surface area contributed by atoms with Gasteiger partial charge in [-0.05, 0) is 35.9 Å². The minimum absolute atomic E-state index is 0.0367. The van der Waals surface area contributed by atoms with Crippen molar-refractivity contribution in [2.45, 2.75) is 25.1 Å². The van der Waals surface area contributed by atoms with E-state index in [1.807, 2.05) is 34.6 Å². The predicted octanol–water partition coefficient (Wildman–Crippen LogP) is 7.08. The third-order valence-electron chi connectivity index (χ3n) is 5.82. The second kappa shape index (κ2) is 12.6. The number of hydrogen-bond donors (Lipinski definition) is 2. The van der Waals surface area contributed by atoms with Crippen LogP contribution in [-0.4, -0.2) is 28.5 Å². The molecule has 1 aliphatic rings. The number of rotatable bonds is 10. The van der Waals surface area contributed by atoms with Gasteiger partial charge in [-0.25, -0.2) is 4.98 Å². The number of carbonyl (C=O) groups is 2. The number of hydrogen-bond acceptors (Lipinski definition) is 5. The van der Waals surface area contributed by atoms with Crippen LogP contribution in [0.15, 0.2) is 83.2 Å². The summed E-state index contributed by atoms with van der Waals surface area (Å²) in [6.45, 7) is 0.403. The molecule has 1 atom stereocenters. The average molecular weight is 588 g/mol. The van der Waals surface area contributed by atoms with Crippen LogP contribution in [0, 0.1) is 0 Å². The molecule has 1 aromatic heterocycles. The third-order valence-corrected chi connectivity index (χ3v) is 7.30. The van der Waals surface area contributed by atoms with Gasteiger partial charge in [0.1, 0.15) is 0 Å². The zero-order chi connectivity index (χ0) is 28.0. The number of thiazole rings is 1. The van der Waals surface area contributed by atoms with E-state index in [1.165, 1.54) is 23.5 Å². The zero-order valence-electron chi connectivity index (χ0n) is 20.6. The van der Waals surface area contributed by atoms with Crippen LogP contribution in [0.5, 0.6) is 0 Å². The van der Waals surface area contributed by atoms with Crippen LogP contribution in [-0.2, 0) is 17.0 Å². The molecule has 0 fully saturated rings. The molecular formula is C28H25ClF2N3O3PS. The number of anilines is 2. The third kappa shape index (κ3) is 7.82. The molecular weight excluding hydrogens is 563 g/mol. The molecule has 0 aliphatic heterocycles. The van der Waals surface area contributed by atoms with Crippen LogP contribution in [0.2, 0.25) is 0 Å². The Kier molecular flexibility index (Phi) is 9.28. The topological polar surface area (TPSA) is 82.5 Å². The van der Waals surface area contributed by atoms with Crippen LogP contribution < -0.4 is 10.2 Å². The van der Waals surface area contributed by atoms with Crippen molar-refractivity contribution in [3.8, 4) is 0 Å². The molecule has 1 heterocycles. The van der Waals surface area contributed by atoms with Gasteiger partial charge in [-0.15, -0.1) is 11.3 Å². The van der Waals surface area contributed by atoms with E-state index in [9.17, 15) is 18.4 Å². The van der Waals surface area contributed by atoms with Crippen molar-refractivity contribution in [2.24, 2.45) is 0 Å². The van der Waals surface area contributed by atoms with Gasteiger partial charge < -0.3 is 15.3 Å². The van der Waals surface area contributed by atoms with Gasteiger partial charge in [0.25, 0.3) is 11.6 Å². The van der Waals surface area contributed by atoms with Crippen LogP contribution in [0.1, 0.15) is 40.0 Å². The number of carboxylic acids is 1. The Morgan fingerprint density at radius 2 is 1.85 bits per heavy atom. The first-order valence-corrected chi connectivity index (χ1v) is 13.8. The van der Waals surface area contributed by atoms with Crippen molar-refractivity contribution < 1.29 is 23.5 Å². The lowest BCUT2D eigenvalue weighted by Crippen LogP contribution is -2.26. The first-order chi connectivity index (χ1) is 18.6. The van der Waals surface area contributed by atoms with Crippen LogP contribution in [0.25, 0.3) is 5.57 Å². The number of carboxylic acid groups (broad SMARTS) is 1. The van der Waals surface area contributed by atoms with Gasteiger partial charge in [-0.2, -0.15) is 8.78 Å². The maximum absolute atomic E-state index is 13.8. The van der Waals surface area contributed by atoms with Crippen molar-refractivity contribution >= 4 is 60.4 Å². The molecule has 0 bridgehead atoms. The van der Waals surface area contributed by atoms with E-state index in [2.05, 4.69) is 5.32 Å². The molecule has 1 aliphatic carbocycles. The second-order valence-corrected chi connectivity index (χ2v) is 10.8. The second-order valence-electron chi connectivity index (χ2n) is 8.71. The summed E-state index contributed by atoms with van der Waals surface area (Å²) >= 11 is 7.57. The minimum Gasteiger partial charge on any atom is -0.481 e. The number of allylic oxidation sites excluding steroid dienone is 6. The van der Waals surface area contributed by atoms with Gasteiger partial charge in [0.2, 0.25) is 0 Å². The molecule has 1 amide bonds. The number of benzene rings is 2. The van der Waals surface area contributed by atoms with Gasteiger partial charge in [0, 0.05) is 45.8 Å². The summed E-state index contributed by atoms with van der Waals surface area (Å²) < 4.78 is 27.6. The Bertz CT molecular complexity index is 1430. The Labute approximate surface area is 235 Å². The molecule has 6 nitrogen and oxygen atoms in total. The van der Waals surface area contributed by atoms with Gasteiger partial charge in [0.15, 0.2) is 5.13 Å². The lowest BCUT2D eigenvalue weighted by atomic mass is 10.1. The summed E-state index contributed by atoms with van der Waals surface area (Å²) in [4.78, 5) is 29.7. The highest BCUT2D eigenvalue weighted by Crippen LogP contribution is 2.38. The van der Waals surface area contributed by atoms with Crippen LogP contribution in [0.3, 0.4) is 0 Å². The fourth-order valence-corrected chi connectivity index (χ4v) is 4.95. The minimum atomic E-state index is -3.04. The largest absolute Gasteiger partial charge is 0.481 e. The van der Waals surface area contributed by atoms with Crippen molar-refractivity contribution in [3.63, 3.8) is 0 Å². The summed E-state index contributed by atoms with van der Waals surface area (Å²) in [5.41, 5.74) is 0.455. The predicted molar refractivity (Wildman–Crippen MR) is 155 cm³/mol. The molecule has 11 heteroatoms. The summed E-state index contributed by atoms with van der Waals surface area (Å²) in [6.07, 6.45) is 8.16. The number of nitrogens with one attached hydrogen (secondary N) is 1. The fourth-order valence-electron chi connectivity index (χ4n) is 3.76. The molecule has 202 valence electrons. The van der Waals surface area contributed by atoms with Gasteiger partial charge in [0.05, 0.1) is 18.7 Å². The quantitative estimate of drug-likeness (QED) is 0.248. The summed E-state index contributed by atoms with van der Waals surface area (Å²) in [5, 5.41) is 14.6. The molecule has 2 N–H and O–H groups in total. The van der Waals surface area contributed by atoms with E-state index < -0.39 is 11.6 Å². The maximum Gasteiger partial charge on any atom is 0.305 e. The molecule has 2 aromatic carbocycles. The van der Waals surface area contributed by atoms with E-state index in [1.54, 1.807) is 45.6 Å². The Morgan fingerprint density at radius 3 is 2.51 bits per heavy atom. The number of halogens is 3. The SMILES string of the molecule is O=C(O)CCNC(=O)c1ccc(CN(c2ccc(C(F)(F)P)cc2)c2nc(C3=CC=C(Cl)CC=C3)cs2)cc1. The number of aromatic nitrogens is 1. The Morgan fingerprint density at radius 1 is 1.13 bits per heavy atom. The number of aliphatic carboxylic acids is 1. The van der Waals surface area contributed by atoms with Gasteiger partial charge in [-0.1, -0.05) is 63.3 Å². The standard InChI is InChI=1S/C28H25ClF2N3O3PS/c29-22-3-1-2-19(8-11-22)24-17-39-27(33-24)34(23-12-9-21(10-13-23)28(30,31)38)16-18-4-6-20(7-5-18)26(37)32-15-14-25(35)36/h1-2,4-13,17H,3,14-16,38H2,(H,32,37)(H,35,36). The molecule has 1 unspecified atom stereocenters. The van der Waals surface area contributed by atoms with Crippen molar-refractivity contribution in [3.05, 3.63) is 106 Å². The van der Waals surface area contributed by atoms with Crippen molar-refractivity contribution in [1.29, 1.82) is 0 Å². The molecule has 39 heavy (non-hydrogen) atoms. The van der Waals surface area contributed by atoms with E-state index in [0.29, 0.717) is 29.3 Å². The first kappa shape index (κ1) is 28.6. The number of alkyl halides is 2. The van der Waals surface area contributed by atoms with E-state index in [4.69, 9.17) is 21.7 Å². The van der Waals surface area contributed by atoms with Crippen LogP contribution >= 0.6 is 32.2 Å². The lowest BCUT2D eigenvalue weighted by molar-refractivity contribution is -0.136. The highest BCUT2D eigenvalue weighted by Gasteiger charge is 2.25. The highest BCUT2D eigenvalue weighted by atomic mass is 35.5. The van der Waals surface area contributed by atoms with Crippen LogP contribution in [0.4, 0.5) is 19.6 Å². The fraction of sp³-hybridized carbons (Fsp3) is 0.179.